The van der Waals surface area contributed by atoms with Gasteiger partial charge in [-0.15, -0.1) is 0 Å². The van der Waals surface area contributed by atoms with Gasteiger partial charge in [0.2, 0.25) is 47.3 Å². The van der Waals surface area contributed by atoms with E-state index in [4.69, 9.17) is 28.7 Å². The number of aliphatic hydroxyl groups excluding tert-OH is 1. The van der Waals surface area contributed by atoms with Crippen LogP contribution < -0.4 is 55.3 Å². The van der Waals surface area contributed by atoms with Crippen molar-refractivity contribution in [2.24, 2.45) is 44.6 Å². The zero-order chi connectivity index (χ0) is 53.8. The highest BCUT2D eigenvalue weighted by atomic mass is 16.4. The maximum absolute atomic E-state index is 14.3. The fraction of sp³-hybridized carbons (Fsp3) is 0.638. The van der Waals surface area contributed by atoms with Gasteiger partial charge < -0.3 is 80.2 Å². The molecule has 0 spiro atoms. The summed E-state index contributed by atoms with van der Waals surface area (Å²) in [6.07, 6.45) is 3.29. The molecule has 3 aliphatic heterocycles. The van der Waals surface area contributed by atoms with Crippen molar-refractivity contribution in [2.75, 3.05) is 45.9 Å². The van der Waals surface area contributed by atoms with Crippen molar-refractivity contribution in [3.8, 4) is 0 Å². The Balaban J connectivity index is 1.40. The van der Waals surface area contributed by atoms with Crippen molar-refractivity contribution >= 4 is 65.1 Å². The van der Waals surface area contributed by atoms with E-state index in [0.29, 0.717) is 44.1 Å². The molecule has 3 aliphatic rings. The van der Waals surface area contributed by atoms with Crippen LogP contribution in [0.4, 0.5) is 0 Å². The minimum atomic E-state index is -1.53. The zero-order valence-electron chi connectivity index (χ0n) is 41.7. The number of likely N-dealkylation sites (tertiary alicyclic amines) is 3. The van der Waals surface area contributed by atoms with Crippen LogP contribution in [0.15, 0.2) is 40.3 Å². The summed E-state index contributed by atoms with van der Waals surface area (Å²) >= 11 is 0. The maximum atomic E-state index is 14.3. The second kappa shape index (κ2) is 28.8. The van der Waals surface area contributed by atoms with E-state index < -0.39 is 115 Å². The lowest BCUT2D eigenvalue weighted by Crippen LogP contribution is -2.59. The number of hydrogen-bond acceptors (Lipinski definition) is 13. The van der Waals surface area contributed by atoms with E-state index in [1.807, 2.05) is 13.8 Å². The van der Waals surface area contributed by atoms with E-state index in [1.165, 1.54) is 14.7 Å². The molecule has 26 heteroatoms. The molecule has 0 unspecified atom stereocenters. The first kappa shape index (κ1) is 58.5. The molecule has 0 saturated carbocycles. The Morgan fingerprint density at radius 2 is 1.19 bits per heavy atom. The molecule has 0 bridgehead atoms. The van der Waals surface area contributed by atoms with Gasteiger partial charge in [0, 0.05) is 39.1 Å². The molecule has 73 heavy (non-hydrogen) atoms. The van der Waals surface area contributed by atoms with Crippen LogP contribution in [-0.4, -0.2) is 184 Å². The smallest absolute Gasteiger partial charge is 0.326 e. The van der Waals surface area contributed by atoms with Crippen LogP contribution in [0.1, 0.15) is 90.0 Å². The van der Waals surface area contributed by atoms with Gasteiger partial charge in [-0.25, -0.2) is 4.79 Å². The van der Waals surface area contributed by atoms with E-state index >= 15 is 0 Å². The summed E-state index contributed by atoms with van der Waals surface area (Å²) in [4.78, 5) is 134. The summed E-state index contributed by atoms with van der Waals surface area (Å²) < 4.78 is 0. The summed E-state index contributed by atoms with van der Waals surface area (Å²) in [6.45, 7) is 3.09. The van der Waals surface area contributed by atoms with Gasteiger partial charge in [-0.2, -0.15) is 0 Å². The predicted molar refractivity (Wildman–Crippen MR) is 267 cm³/mol. The topological polar surface area (TPSA) is 419 Å². The standard InChI is InChI=1S/C47H75N15O11/c1-27(2)23-32(45(72)73)58-41(68)35-16-9-20-60(35)43(70)33(26-63)59-39(66)31(24-28-11-4-3-5-12-28)56-37(64)25-55-40(67)34-15-8-21-61(34)44(71)36-17-10-22-62(36)42(69)30(14-7-19-54-47(51)52)57-38(65)29(48)13-6-18-53-46(49)50/h3-5,11-12,27,29-36,63H,6-10,13-26,48H2,1-2H3,(H,55,67)(H,56,64)(H,57,65)(H,58,68)(H,59,66)(H,72,73)(H4,49,50,53)(H4,51,52,54)/t29-,30-,31-,32-,33-,34-,35-,36-/m0/s1. The van der Waals surface area contributed by atoms with Crippen LogP contribution in [0.3, 0.4) is 0 Å². The van der Waals surface area contributed by atoms with Crippen LogP contribution >= 0.6 is 0 Å². The van der Waals surface area contributed by atoms with E-state index in [2.05, 4.69) is 36.6 Å². The molecule has 0 aromatic heterocycles. The van der Waals surface area contributed by atoms with Crippen molar-refractivity contribution in [1.29, 1.82) is 0 Å². The second-order valence-corrected chi connectivity index (χ2v) is 18.9. The van der Waals surface area contributed by atoms with Gasteiger partial charge in [-0.1, -0.05) is 44.2 Å². The highest BCUT2D eigenvalue weighted by Crippen LogP contribution is 2.26. The van der Waals surface area contributed by atoms with Crippen molar-refractivity contribution in [1.82, 2.24) is 41.3 Å². The SMILES string of the molecule is CC(C)C[C@H](NC(=O)[C@@H]1CCCN1C(=O)[C@H](CO)NC(=O)[C@H](Cc1ccccc1)NC(=O)CNC(=O)[C@@H]1CCCN1C(=O)[C@@H]1CCCN1C(=O)[C@H](CCCN=C(N)N)NC(=O)[C@@H](N)CCCN=C(N)N)C(=O)O. The van der Waals surface area contributed by atoms with Crippen LogP contribution in [0.25, 0.3) is 0 Å². The van der Waals surface area contributed by atoms with Gasteiger partial charge in [-0.05, 0) is 82.1 Å². The van der Waals surface area contributed by atoms with Crippen molar-refractivity contribution in [2.45, 2.75) is 139 Å². The highest BCUT2D eigenvalue weighted by molar-refractivity contribution is 5.98. The largest absolute Gasteiger partial charge is 0.480 e. The van der Waals surface area contributed by atoms with Crippen molar-refractivity contribution < 1.29 is 53.4 Å². The molecule has 3 saturated heterocycles. The van der Waals surface area contributed by atoms with Gasteiger partial charge in [0.15, 0.2) is 11.9 Å². The fourth-order valence-electron chi connectivity index (χ4n) is 9.18. The van der Waals surface area contributed by atoms with Crippen LogP contribution in [-0.2, 0) is 49.6 Å². The number of carbonyl (C=O) groups excluding carboxylic acids is 8. The molecule has 3 fully saturated rings. The Labute approximate surface area is 424 Å². The average molecular weight is 1030 g/mol. The van der Waals surface area contributed by atoms with E-state index in [9.17, 15) is 53.4 Å². The van der Waals surface area contributed by atoms with Crippen molar-refractivity contribution in [3.05, 3.63) is 35.9 Å². The molecule has 0 radical (unpaired) electrons. The lowest BCUT2D eigenvalue weighted by atomic mass is 10.0. The minimum absolute atomic E-state index is 0.0447. The number of amides is 8. The summed E-state index contributed by atoms with van der Waals surface area (Å²) in [5.74, 6) is -6.81. The van der Waals surface area contributed by atoms with Gasteiger partial charge in [0.25, 0.3) is 0 Å². The van der Waals surface area contributed by atoms with E-state index in [1.54, 1.807) is 30.3 Å². The van der Waals surface area contributed by atoms with Crippen LogP contribution in [0, 0.1) is 5.92 Å². The molecule has 1 aromatic rings. The maximum Gasteiger partial charge on any atom is 0.326 e. The Morgan fingerprint density at radius 1 is 0.658 bits per heavy atom. The molecule has 26 nitrogen and oxygen atoms in total. The number of guanidine groups is 2. The monoisotopic (exact) mass is 1030 g/mol. The summed E-state index contributed by atoms with van der Waals surface area (Å²) in [5.41, 5.74) is 28.5. The summed E-state index contributed by atoms with van der Waals surface area (Å²) in [5, 5.41) is 32.9. The molecule has 8 atom stereocenters. The average Bonchev–Trinajstić information content (AvgIpc) is 4.16. The lowest BCUT2D eigenvalue weighted by molar-refractivity contribution is -0.148. The number of aliphatic carboxylic acids is 1. The predicted octanol–water partition coefficient (Wildman–Crippen LogP) is -4.19. The molecule has 1 aromatic carbocycles. The fourth-order valence-corrected chi connectivity index (χ4v) is 9.18. The number of aliphatic hydroxyl groups is 1. The zero-order valence-corrected chi connectivity index (χ0v) is 41.7. The number of nitrogens with zero attached hydrogens (tertiary/aromatic N) is 5. The van der Waals surface area contributed by atoms with Crippen molar-refractivity contribution in [3.63, 3.8) is 0 Å². The lowest BCUT2D eigenvalue weighted by Gasteiger charge is -2.33. The van der Waals surface area contributed by atoms with Gasteiger partial charge in [0.1, 0.15) is 42.3 Å². The number of carboxylic acids is 1. The first-order valence-corrected chi connectivity index (χ1v) is 24.9. The third kappa shape index (κ3) is 17.9. The molecule has 17 N–H and O–H groups in total. The molecule has 4 rings (SSSR count). The molecule has 0 aliphatic carbocycles. The molecule has 404 valence electrons. The summed E-state index contributed by atoms with van der Waals surface area (Å²) in [7, 11) is 0. The highest BCUT2D eigenvalue weighted by Gasteiger charge is 2.44. The number of nitrogens with two attached hydrogens (primary N) is 5. The number of hydrogen-bond donors (Lipinski definition) is 12. The number of benzene rings is 1. The van der Waals surface area contributed by atoms with Crippen LogP contribution in [0.2, 0.25) is 0 Å². The number of carbonyl (C=O) groups is 9. The minimum Gasteiger partial charge on any atom is -0.480 e. The van der Waals surface area contributed by atoms with Gasteiger partial charge >= 0.3 is 5.97 Å². The molecular formula is C47H75N15O11. The summed E-state index contributed by atoms with van der Waals surface area (Å²) in [6, 6.07) is -0.453. The Kier molecular flexibility index (Phi) is 23.1. The number of nitrogens with one attached hydrogen (secondary N) is 5. The second-order valence-electron chi connectivity index (χ2n) is 18.9. The number of carboxylic acid groups (broad SMARTS) is 1. The van der Waals surface area contributed by atoms with E-state index in [-0.39, 0.29) is 89.1 Å². The quantitative estimate of drug-likeness (QED) is 0.0226. The Hall–Kier alpha value is -7.09. The normalized spacial score (nSPS) is 19.4. The number of rotatable bonds is 27. The number of aliphatic imine (C=N–C) groups is 2. The molecular weight excluding hydrogens is 951 g/mol. The molecule has 8 amide bonds. The van der Waals surface area contributed by atoms with E-state index in [0.717, 1.165) is 0 Å². The molecule has 3 heterocycles. The van der Waals surface area contributed by atoms with Gasteiger partial charge in [-0.3, -0.25) is 48.3 Å². The first-order chi connectivity index (χ1) is 34.7. The third-order valence-electron chi connectivity index (χ3n) is 12.8. The Bertz CT molecular complexity index is 2150. The van der Waals surface area contributed by atoms with Gasteiger partial charge in [0.05, 0.1) is 19.2 Å². The van der Waals surface area contributed by atoms with Crippen LogP contribution in [0.5, 0.6) is 0 Å². The first-order valence-electron chi connectivity index (χ1n) is 24.9. The third-order valence-corrected chi connectivity index (χ3v) is 12.8. The Morgan fingerprint density at radius 3 is 1.77 bits per heavy atom.